The molecule has 0 atom stereocenters. The fourth-order valence-corrected chi connectivity index (χ4v) is 2.45. The molecule has 0 aliphatic rings. The minimum atomic E-state index is -4.72. The number of aryl methyl sites for hydroxylation is 1. The van der Waals surface area contributed by atoms with Crippen LogP contribution in [0.1, 0.15) is 24.5 Å². The lowest BCUT2D eigenvalue weighted by atomic mass is 9.98. The van der Waals surface area contributed by atoms with E-state index in [9.17, 15) is 18.0 Å². The van der Waals surface area contributed by atoms with Gasteiger partial charge in [-0.25, -0.2) is 4.79 Å². The molecule has 5 heteroatoms. The number of carbonyl (C=O) groups is 1. The van der Waals surface area contributed by atoms with Crippen molar-refractivity contribution in [3.05, 3.63) is 65.7 Å². The molecule has 126 valence electrons. The lowest BCUT2D eigenvalue weighted by Crippen LogP contribution is -2.12. The Bertz CT molecular complexity index is 727. The van der Waals surface area contributed by atoms with Crippen LogP contribution in [0.25, 0.3) is 16.7 Å². The summed E-state index contributed by atoms with van der Waals surface area (Å²) in [6.45, 7) is 2.09. The van der Waals surface area contributed by atoms with Gasteiger partial charge in [-0.05, 0) is 28.7 Å². The number of alkyl halides is 3. The van der Waals surface area contributed by atoms with Crippen molar-refractivity contribution in [3.63, 3.8) is 0 Å². The van der Waals surface area contributed by atoms with Crippen LogP contribution in [0.5, 0.6) is 0 Å². The second-order valence-electron chi connectivity index (χ2n) is 5.42. The Morgan fingerprint density at radius 3 is 1.92 bits per heavy atom. The third-order valence-corrected chi connectivity index (χ3v) is 3.60. The standard InChI is InChI=1S/C19H17F3O2/c1-2-3-13-4-6-14(7-5-13)15-8-10-16(11-9-15)17(12-18(23)24)19(20,21)22/h4-12H,2-3H2,1H3,(H,23,24)/b17-12-. The fraction of sp³-hybridized carbons (Fsp3) is 0.211. The Morgan fingerprint density at radius 1 is 1.00 bits per heavy atom. The zero-order chi connectivity index (χ0) is 17.7. The monoisotopic (exact) mass is 334 g/mol. The minimum absolute atomic E-state index is 0.170. The molecule has 0 aliphatic heterocycles. The van der Waals surface area contributed by atoms with Gasteiger partial charge in [0.2, 0.25) is 0 Å². The van der Waals surface area contributed by atoms with Gasteiger partial charge in [-0.15, -0.1) is 0 Å². The second kappa shape index (κ2) is 7.34. The molecule has 0 bridgehead atoms. The number of hydrogen-bond donors (Lipinski definition) is 1. The van der Waals surface area contributed by atoms with E-state index in [-0.39, 0.29) is 11.6 Å². The number of rotatable bonds is 5. The van der Waals surface area contributed by atoms with Crippen molar-refractivity contribution in [2.24, 2.45) is 0 Å². The van der Waals surface area contributed by atoms with E-state index in [2.05, 4.69) is 6.92 Å². The molecule has 0 spiro atoms. The third kappa shape index (κ3) is 4.47. The van der Waals surface area contributed by atoms with Crippen LogP contribution in [-0.2, 0) is 11.2 Å². The van der Waals surface area contributed by atoms with E-state index >= 15 is 0 Å². The van der Waals surface area contributed by atoms with Gasteiger partial charge < -0.3 is 5.11 Å². The Hall–Kier alpha value is -2.56. The maximum absolute atomic E-state index is 13.0. The molecule has 2 aromatic rings. The molecule has 0 radical (unpaired) electrons. The topological polar surface area (TPSA) is 37.3 Å². The molecular weight excluding hydrogens is 317 g/mol. The molecule has 0 heterocycles. The van der Waals surface area contributed by atoms with Crippen molar-refractivity contribution in [2.45, 2.75) is 25.9 Å². The van der Waals surface area contributed by atoms with Crippen LogP contribution >= 0.6 is 0 Å². The number of aliphatic carboxylic acids is 1. The van der Waals surface area contributed by atoms with Crippen molar-refractivity contribution in [1.29, 1.82) is 0 Å². The van der Waals surface area contributed by atoms with E-state index in [1.165, 1.54) is 17.7 Å². The Labute approximate surface area is 138 Å². The van der Waals surface area contributed by atoms with Crippen molar-refractivity contribution >= 4 is 11.5 Å². The first-order valence-electron chi connectivity index (χ1n) is 7.53. The predicted octanol–water partition coefficient (Wildman–Crippen LogP) is 5.34. The molecule has 2 aromatic carbocycles. The number of carboxylic acids is 1. The Balaban J connectivity index is 2.31. The lowest BCUT2D eigenvalue weighted by molar-refractivity contribution is -0.131. The van der Waals surface area contributed by atoms with E-state index in [0.29, 0.717) is 0 Å². The van der Waals surface area contributed by atoms with Gasteiger partial charge in [0.15, 0.2) is 0 Å². The number of benzene rings is 2. The summed E-state index contributed by atoms with van der Waals surface area (Å²) in [6, 6.07) is 13.6. The van der Waals surface area contributed by atoms with E-state index in [1.54, 1.807) is 12.1 Å². The Morgan fingerprint density at radius 2 is 1.50 bits per heavy atom. The minimum Gasteiger partial charge on any atom is -0.478 e. The van der Waals surface area contributed by atoms with Gasteiger partial charge >= 0.3 is 12.1 Å². The molecule has 24 heavy (non-hydrogen) atoms. The number of carboxylic acid groups (broad SMARTS) is 1. The van der Waals surface area contributed by atoms with Crippen molar-refractivity contribution in [1.82, 2.24) is 0 Å². The van der Waals surface area contributed by atoms with Crippen LogP contribution in [0.3, 0.4) is 0 Å². The molecular formula is C19H17F3O2. The summed E-state index contributed by atoms with van der Waals surface area (Å²) in [7, 11) is 0. The molecule has 2 nitrogen and oxygen atoms in total. The highest BCUT2D eigenvalue weighted by Crippen LogP contribution is 2.34. The largest absolute Gasteiger partial charge is 0.478 e. The highest BCUT2D eigenvalue weighted by molar-refractivity contribution is 5.91. The van der Waals surface area contributed by atoms with Crippen LogP contribution in [0.2, 0.25) is 0 Å². The number of hydrogen-bond acceptors (Lipinski definition) is 1. The van der Waals surface area contributed by atoms with Crippen LogP contribution in [0.4, 0.5) is 13.2 Å². The first kappa shape index (κ1) is 17.8. The highest BCUT2D eigenvalue weighted by Gasteiger charge is 2.35. The summed E-state index contributed by atoms with van der Waals surface area (Å²) in [5.41, 5.74) is 1.55. The van der Waals surface area contributed by atoms with E-state index in [1.807, 2.05) is 24.3 Å². The normalized spacial score (nSPS) is 12.2. The lowest BCUT2D eigenvalue weighted by Gasteiger charge is -2.12. The van der Waals surface area contributed by atoms with Gasteiger partial charge in [0.05, 0.1) is 5.57 Å². The fourth-order valence-electron chi connectivity index (χ4n) is 2.45. The summed E-state index contributed by atoms with van der Waals surface area (Å²) in [5, 5.41) is 8.63. The molecule has 0 fully saturated rings. The summed E-state index contributed by atoms with van der Waals surface area (Å²) in [5.74, 6) is -1.63. The van der Waals surface area contributed by atoms with Gasteiger partial charge in [-0.2, -0.15) is 13.2 Å². The summed E-state index contributed by atoms with van der Waals surface area (Å²) in [4.78, 5) is 10.6. The Kier molecular flexibility index (Phi) is 5.44. The van der Waals surface area contributed by atoms with Crippen LogP contribution < -0.4 is 0 Å². The zero-order valence-corrected chi connectivity index (χ0v) is 13.1. The van der Waals surface area contributed by atoms with Gasteiger partial charge in [-0.3, -0.25) is 0 Å². The van der Waals surface area contributed by atoms with E-state index in [0.717, 1.165) is 24.0 Å². The second-order valence-corrected chi connectivity index (χ2v) is 5.42. The third-order valence-electron chi connectivity index (χ3n) is 3.60. The molecule has 1 N–H and O–H groups in total. The average Bonchev–Trinajstić information content (AvgIpc) is 2.53. The molecule has 2 rings (SSSR count). The highest BCUT2D eigenvalue weighted by atomic mass is 19.4. The quantitative estimate of drug-likeness (QED) is 0.750. The van der Waals surface area contributed by atoms with Crippen LogP contribution in [0, 0.1) is 0 Å². The van der Waals surface area contributed by atoms with E-state index < -0.39 is 17.7 Å². The number of halogens is 3. The summed E-state index contributed by atoms with van der Waals surface area (Å²) >= 11 is 0. The first-order chi connectivity index (χ1) is 11.3. The maximum Gasteiger partial charge on any atom is 0.417 e. The van der Waals surface area contributed by atoms with Crippen molar-refractivity contribution in [2.75, 3.05) is 0 Å². The molecule has 0 saturated heterocycles. The predicted molar refractivity (Wildman–Crippen MR) is 87.5 cm³/mol. The van der Waals surface area contributed by atoms with Crippen molar-refractivity contribution < 1.29 is 23.1 Å². The van der Waals surface area contributed by atoms with Crippen molar-refractivity contribution in [3.8, 4) is 11.1 Å². The van der Waals surface area contributed by atoms with Gasteiger partial charge in [0, 0.05) is 6.08 Å². The number of allylic oxidation sites excluding steroid dienone is 1. The van der Waals surface area contributed by atoms with E-state index in [4.69, 9.17) is 5.11 Å². The SMILES string of the molecule is CCCc1ccc(-c2ccc(/C(=C/C(=O)O)C(F)(F)F)cc2)cc1. The summed E-state index contributed by atoms with van der Waals surface area (Å²) < 4.78 is 38.9. The van der Waals surface area contributed by atoms with Gasteiger partial charge in [0.1, 0.15) is 0 Å². The molecule has 0 unspecified atom stereocenters. The molecule has 0 aliphatic carbocycles. The average molecular weight is 334 g/mol. The van der Waals surface area contributed by atoms with Gasteiger partial charge in [0.25, 0.3) is 0 Å². The summed E-state index contributed by atoms with van der Waals surface area (Å²) in [6.07, 6.45) is -2.51. The molecule has 0 amide bonds. The molecule has 0 aromatic heterocycles. The van der Waals surface area contributed by atoms with Gasteiger partial charge in [-0.1, -0.05) is 61.9 Å². The smallest absolute Gasteiger partial charge is 0.417 e. The van der Waals surface area contributed by atoms with Crippen LogP contribution in [0.15, 0.2) is 54.6 Å². The molecule has 0 saturated carbocycles. The maximum atomic E-state index is 13.0. The first-order valence-corrected chi connectivity index (χ1v) is 7.53. The zero-order valence-electron chi connectivity index (χ0n) is 13.1. The van der Waals surface area contributed by atoms with Crippen LogP contribution in [-0.4, -0.2) is 17.3 Å².